The molecule has 136 valence electrons. The maximum atomic E-state index is 12.4. The Balaban J connectivity index is 1.88. The lowest BCUT2D eigenvalue weighted by atomic mass is 9.95. The number of anilines is 1. The van der Waals surface area contributed by atoms with Crippen LogP contribution in [0.3, 0.4) is 0 Å². The Kier molecular flexibility index (Phi) is 7.85. The molecule has 0 heterocycles. The fourth-order valence-electron chi connectivity index (χ4n) is 2.94. The van der Waals surface area contributed by atoms with Gasteiger partial charge in [0.1, 0.15) is 0 Å². The van der Waals surface area contributed by atoms with Crippen LogP contribution in [0, 0.1) is 0 Å². The summed E-state index contributed by atoms with van der Waals surface area (Å²) >= 11 is 5.16. The van der Waals surface area contributed by atoms with Gasteiger partial charge in [0.15, 0.2) is 5.11 Å². The van der Waals surface area contributed by atoms with E-state index < -0.39 is 0 Å². The number of thiocarbonyl (C=S) groups is 1. The summed E-state index contributed by atoms with van der Waals surface area (Å²) in [5, 5.41) is 8.98. The molecule has 0 aliphatic heterocycles. The van der Waals surface area contributed by atoms with E-state index in [2.05, 4.69) is 16.0 Å². The van der Waals surface area contributed by atoms with Crippen molar-refractivity contribution in [2.75, 3.05) is 5.32 Å². The Morgan fingerprint density at radius 1 is 1.20 bits per heavy atom. The molecular formula is C19H27N3O2S. The number of hydrogen-bond donors (Lipinski definition) is 3. The van der Waals surface area contributed by atoms with Gasteiger partial charge in [-0.2, -0.15) is 0 Å². The Labute approximate surface area is 155 Å². The monoisotopic (exact) mass is 361 g/mol. The third-order valence-corrected chi connectivity index (χ3v) is 4.54. The summed E-state index contributed by atoms with van der Waals surface area (Å²) in [4.78, 5) is 24.1. The molecule has 5 nitrogen and oxygen atoms in total. The first-order chi connectivity index (χ1) is 12.1. The SMILES string of the molecule is CCCCC(=O)NC(=S)Nc1cccc(C(=O)NC2CCCCC2)c1. The van der Waals surface area contributed by atoms with Gasteiger partial charge >= 0.3 is 0 Å². The first-order valence-corrected chi connectivity index (χ1v) is 9.51. The molecule has 0 bridgehead atoms. The molecule has 0 saturated heterocycles. The molecule has 1 aliphatic rings. The Hall–Kier alpha value is -1.95. The average molecular weight is 362 g/mol. The Bertz CT molecular complexity index is 612. The van der Waals surface area contributed by atoms with E-state index in [-0.39, 0.29) is 23.0 Å². The number of carbonyl (C=O) groups excluding carboxylic acids is 2. The van der Waals surface area contributed by atoms with Gasteiger partial charge in [-0.15, -0.1) is 0 Å². The molecule has 3 N–H and O–H groups in total. The maximum Gasteiger partial charge on any atom is 0.251 e. The van der Waals surface area contributed by atoms with Crippen molar-refractivity contribution in [1.29, 1.82) is 0 Å². The van der Waals surface area contributed by atoms with Crippen LogP contribution in [0.2, 0.25) is 0 Å². The summed E-state index contributed by atoms with van der Waals surface area (Å²) < 4.78 is 0. The smallest absolute Gasteiger partial charge is 0.251 e. The number of nitrogens with one attached hydrogen (secondary N) is 3. The highest BCUT2D eigenvalue weighted by atomic mass is 32.1. The predicted octanol–water partition coefficient (Wildman–Crippen LogP) is 3.75. The van der Waals surface area contributed by atoms with Gasteiger partial charge in [-0.05, 0) is 49.7 Å². The first-order valence-electron chi connectivity index (χ1n) is 9.10. The van der Waals surface area contributed by atoms with Crippen LogP contribution in [0.4, 0.5) is 5.69 Å². The largest absolute Gasteiger partial charge is 0.349 e. The van der Waals surface area contributed by atoms with Crippen molar-refractivity contribution in [2.45, 2.75) is 64.3 Å². The summed E-state index contributed by atoms with van der Waals surface area (Å²) in [5.41, 5.74) is 1.28. The van der Waals surface area contributed by atoms with E-state index in [4.69, 9.17) is 12.2 Å². The maximum absolute atomic E-state index is 12.4. The molecule has 1 fully saturated rings. The zero-order valence-electron chi connectivity index (χ0n) is 14.8. The van der Waals surface area contributed by atoms with Crippen LogP contribution in [0.5, 0.6) is 0 Å². The fraction of sp³-hybridized carbons (Fsp3) is 0.526. The number of unbranched alkanes of at least 4 members (excludes halogenated alkanes) is 1. The second kappa shape index (κ2) is 10.1. The summed E-state index contributed by atoms with van der Waals surface area (Å²) in [7, 11) is 0. The summed E-state index contributed by atoms with van der Waals surface area (Å²) in [6, 6.07) is 7.44. The second-order valence-electron chi connectivity index (χ2n) is 6.50. The van der Waals surface area contributed by atoms with Crippen LogP contribution < -0.4 is 16.0 Å². The lowest BCUT2D eigenvalue weighted by Crippen LogP contribution is -2.36. The Morgan fingerprint density at radius 2 is 1.96 bits per heavy atom. The van der Waals surface area contributed by atoms with Crippen molar-refractivity contribution in [3.05, 3.63) is 29.8 Å². The highest BCUT2D eigenvalue weighted by Crippen LogP contribution is 2.18. The number of amides is 2. The standard InChI is InChI=1S/C19H27N3O2S/c1-2-3-12-17(23)22-19(25)21-16-11-7-8-14(13-16)18(24)20-15-9-5-4-6-10-15/h7-8,11,13,15H,2-6,9-10,12H2,1H3,(H,20,24)(H2,21,22,23,25). The van der Waals surface area contributed by atoms with E-state index in [0.29, 0.717) is 17.7 Å². The minimum Gasteiger partial charge on any atom is -0.349 e. The van der Waals surface area contributed by atoms with E-state index in [0.717, 1.165) is 25.7 Å². The normalized spacial score (nSPS) is 14.6. The molecule has 0 aromatic heterocycles. The molecule has 0 radical (unpaired) electrons. The van der Waals surface area contributed by atoms with Gasteiger partial charge in [0, 0.05) is 23.7 Å². The van der Waals surface area contributed by atoms with Crippen LogP contribution in [0.1, 0.15) is 68.6 Å². The van der Waals surface area contributed by atoms with Crippen LogP contribution in [-0.4, -0.2) is 23.0 Å². The lowest BCUT2D eigenvalue weighted by Gasteiger charge is -2.22. The quantitative estimate of drug-likeness (QED) is 0.675. The van der Waals surface area contributed by atoms with Gasteiger partial charge in [0.25, 0.3) is 5.91 Å². The summed E-state index contributed by atoms with van der Waals surface area (Å²) in [6.07, 6.45) is 7.98. The molecule has 0 atom stereocenters. The number of carbonyl (C=O) groups is 2. The van der Waals surface area contributed by atoms with Gasteiger partial charge in [-0.25, -0.2) is 0 Å². The third kappa shape index (κ3) is 6.82. The Morgan fingerprint density at radius 3 is 2.68 bits per heavy atom. The molecule has 2 rings (SSSR count). The highest BCUT2D eigenvalue weighted by molar-refractivity contribution is 7.80. The average Bonchev–Trinajstić information content (AvgIpc) is 2.61. The first kappa shape index (κ1) is 19.4. The zero-order valence-corrected chi connectivity index (χ0v) is 15.6. The van der Waals surface area contributed by atoms with E-state index in [1.165, 1.54) is 19.3 Å². The molecule has 0 unspecified atom stereocenters. The number of hydrogen-bond acceptors (Lipinski definition) is 3. The van der Waals surface area contributed by atoms with Gasteiger partial charge in [-0.3, -0.25) is 9.59 Å². The molecule has 1 saturated carbocycles. The van der Waals surface area contributed by atoms with Gasteiger partial charge in [0.05, 0.1) is 0 Å². The van der Waals surface area contributed by atoms with E-state index in [9.17, 15) is 9.59 Å². The lowest BCUT2D eigenvalue weighted by molar-refractivity contribution is -0.119. The van der Waals surface area contributed by atoms with E-state index in [1.54, 1.807) is 18.2 Å². The van der Waals surface area contributed by atoms with Gasteiger partial charge in [0.2, 0.25) is 5.91 Å². The van der Waals surface area contributed by atoms with E-state index in [1.807, 2.05) is 13.0 Å². The number of benzene rings is 1. The van der Waals surface area contributed by atoms with Crippen LogP contribution >= 0.6 is 12.2 Å². The summed E-state index contributed by atoms with van der Waals surface area (Å²) in [6.45, 7) is 2.04. The number of rotatable bonds is 6. The van der Waals surface area contributed by atoms with Gasteiger partial charge < -0.3 is 16.0 Å². The molecule has 1 aliphatic carbocycles. The molecule has 6 heteroatoms. The second-order valence-corrected chi connectivity index (χ2v) is 6.90. The topological polar surface area (TPSA) is 70.2 Å². The van der Waals surface area contributed by atoms with Crippen LogP contribution in [0.25, 0.3) is 0 Å². The highest BCUT2D eigenvalue weighted by Gasteiger charge is 2.16. The minimum absolute atomic E-state index is 0.0616. The zero-order chi connectivity index (χ0) is 18.1. The fourth-order valence-corrected chi connectivity index (χ4v) is 3.17. The van der Waals surface area contributed by atoms with Crippen molar-refractivity contribution < 1.29 is 9.59 Å². The molecule has 25 heavy (non-hydrogen) atoms. The third-order valence-electron chi connectivity index (χ3n) is 4.33. The molecule has 2 amide bonds. The van der Waals surface area contributed by atoms with Crippen molar-refractivity contribution in [3.63, 3.8) is 0 Å². The van der Waals surface area contributed by atoms with Crippen molar-refractivity contribution >= 4 is 34.8 Å². The van der Waals surface area contributed by atoms with Gasteiger partial charge in [-0.1, -0.05) is 38.7 Å². The molecule has 1 aromatic rings. The molecular weight excluding hydrogens is 334 g/mol. The van der Waals surface area contributed by atoms with Crippen molar-refractivity contribution in [1.82, 2.24) is 10.6 Å². The van der Waals surface area contributed by atoms with Crippen LogP contribution in [-0.2, 0) is 4.79 Å². The summed E-state index contributed by atoms with van der Waals surface area (Å²) in [5.74, 6) is -0.154. The minimum atomic E-state index is -0.0921. The van der Waals surface area contributed by atoms with E-state index >= 15 is 0 Å². The van der Waals surface area contributed by atoms with Crippen molar-refractivity contribution in [2.24, 2.45) is 0 Å². The van der Waals surface area contributed by atoms with Crippen molar-refractivity contribution in [3.8, 4) is 0 Å². The molecule has 0 spiro atoms. The predicted molar refractivity (Wildman–Crippen MR) is 105 cm³/mol. The molecule has 1 aromatic carbocycles. The van der Waals surface area contributed by atoms with Crippen LogP contribution in [0.15, 0.2) is 24.3 Å².